The second-order valence-corrected chi connectivity index (χ2v) is 6.66. The Morgan fingerprint density at radius 3 is 2.52 bits per heavy atom. The fourth-order valence-corrected chi connectivity index (χ4v) is 2.62. The summed E-state index contributed by atoms with van der Waals surface area (Å²) in [4.78, 5) is 27.5. The first-order valence-electron chi connectivity index (χ1n) is 7.62. The van der Waals surface area contributed by atoms with Crippen molar-refractivity contribution in [2.75, 3.05) is 25.6 Å². The monoisotopic (exact) mass is 320 g/mol. The minimum atomic E-state index is -0.576. The third-order valence-corrected chi connectivity index (χ3v) is 3.76. The predicted octanol–water partition coefficient (Wildman–Crippen LogP) is 3.05. The molecule has 0 aliphatic carbocycles. The predicted molar refractivity (Wildman–Crippen MR) is 87.7 cm³/mol. The molecule has 0 saturated heterocycles. The van der Waals surface area contributed by atoms with Gasteiger partial charge in [-0.3, -0.25) is 4.90 Å². The maximum atomic E-state index is 12.6. The lowest BCUT2D eigenvalue weighted by Crippen LogP contribution is -2.51. The molecule has 0 N–H and O–H groups in total. The zero-order chi connectivity index (χ0) is 17.2. The number of benzene rings is 1. The van der Waals surface area contributed by atoms with E-state index in [4.69, 9.17) is 9.47 Å². The summed E-state index contributed by atoms with van der Waals surface area (Å²) in [5.74, 6) is 0. The van der Waals surface area contributed by atoms with E-state index in [0.29, 0.717) is 13.0 Å². The summed E-state index contributed by atoms with van der Waals surface area (Å²) in [6.45, 7) is 5.87. The Hall–Kier alpha value is -2.24. The lowest BCUT2D eigenvalue weighted by Gasteiger charge is -2.38. The number of rotatable bonds is 1. The fourth-order valence-electron chi connectivity index (χ4n) is 2.62. The van der Waals surface area contributed by atoms with Crippen molar-refractivity contribution in [1.29, 1.82) is 0 Å². The van der Waals surface area contributed by atoms with Gasteiger partial charge in [0.2, 0.25) is 0 Å². The van der Waals surface area contributed by atoms with Crippen LogP contribution in [0.5, 0.6) is 0 Å². The third kappa shape index (κ3) is 3.94. The largest absolute Gasteiger partial charge is 0.453 e. The van der Waals surface area contributed by atoms with Crippen LogP contribution < -0.4 is 4.90 Å². The molecular formula is C17H24N2O4. The van der Waals surface area contributed by atoms with E-state index >= 15 is 0 Å². The smallest absolute Gasteiger partial charge is 0.414 e. The molecule has 6 heteroatoms. The van der Waals surface area contributed by atoms with Crippen molar-refractivity contribution >= 4 is 17.9 Å². The van der Waals surface area contributed by atoms with E-state index in [2.05, 4.69) is 0 Å². The van der Waals surface area contributed by atoms with Gasteiger partial charge in [0.15, 0.2) is 0 Å². The molecule has 126 valence electrons. The topological polar surface area (TPSA) is 59.1 Å². The van der Waals surface area contributed by atoms with Crippen LogP contribution in [0.25, 0.3) is 0 Å². The quantitative estimate of drug-likeness (QED) is 0.798. The number of carbonyl (C=O) groups excluding carboxylic acids is 2. The Morgan fingerprint density at radius 2 is 1.91 bits per heavy atom. The van der Waals surface area contributed by atoms with E-state index < -0.39 is 17.8 Å². The van der Waals surface area contributed by atoms with Crippen molar-refractivity contribution in [1.82, 2.24) is 4.90 Å². The highest BCUT2D eigenvalue weighted by molar-refractivity contribution is 5.90. The average Bonchev–Trinajstić information content (AvgIpc) is 2.50. The molecule has 0 aromatic heterocycles. The number of fused-ring (bicyclic) bond motifs is 1. The Labute approximate surface area is 137 Å². The van der Waals surface area contributed by atoms with Gasteiger partial charge in [-0.25, -0.2) is 9.59 Å². The second kappa shape index (κ2) is 6.48. The van der Waals surface area contributed by atoms with Crippen LogP contribution in [0.4, 0.5) is 15.3 Å². The summed E-state index contributed by atoms with van der Waals surface area (Å²) in [5, 5.41) is 0. The van der Waals surface area contributed by atoms with Gasteiger partial charge < -0.3 is 14.4 Å². The molecule has 1 aromatic carbocycles. The average molecular weight is 320 g/mol. The Balaban J connectivity index is 2.29. The van der Waals surface area contributed by atoms with Crippen molar-refractivity contribution in [2.45, 2.75) is 38.8 Å². The molecule has 0 spiro atoms. The van der Waals surface area contributed by atoms with Crippen molar-refractivity contribution in [2.24, 2.45) is 0 Å². The Bertz CT molecular complexity index is 595. The summed E-state index contributed by atoms with van der Waals surface area (Å²) < 4.78 is 10.3. The van der Waals surface area contributed by atoms with E-state index in [-0.39, 0.29) is 6.04 Å². The van der Waals surface area contributed by atoms with Crippen LogP contribution in [0.15, 0.2) is 24.3 Å². The first kappa shape index (κ1) is 17.1. The summed E-state index contributed by atoms with van der Waals surface area (Å²) in [7, 11) is 3.03. The minimum absolute atomic E-state index is 0.162. The number of nitrogens with zero attached hydrogens (tertiary/aromatic N) is 2. The lowest BCUT2D eigenvalue weighted by atomic mass is 9.97. The number of amides is 2. The van der Waals surface area contributed by atoms with E-state index in [1.54, 1.807) is 11.9 Å². The first-order valence-corrected chi connectivity index (χ1v) is 7.62. The van der Waals surface area contributed by atoms with Crippen molar-refractivity contribution in [3.8, 4) is 0 Å². The molecule has 1 aromatic rings. The summed E-state index contributed by atoms with van der Waals surface area (Å²) in [6, 6.07) is 7.51. The normalized spacial score (nSPS) is 17.3. The maximum absolute atomic E-state index is 12.6. The van der Waals surface area contributed by atoms with Crippen LogP contribution in [-0.2, 0) is 15.9 Å². The number of methoxy groups -OCH3 is 1. The van der Waals surface area contributed by atoms with E-state index in [9.17, 15) is 9.59 Å². The third-order valence-electron chi connectivity index (χ3n) is 3.76. The highest BCUT2D eigenvalue weighted by Gasteiger charge is 2.34. The van der Waals surface area contributed by atoms with Crippen LogP contribution >= 0.6 is 0 Å². The van der Waals surface area contributed by atoms with E-state index in [1.165, 1.54) is 12.0 Å². The van der Waals surface area contributed by atoms with E-state index in [1.807, 2.05) is 45.0 Å². The number of hydrogen-bond donors (Lipinski definition) is 0. The van der Waals surface area contributed by atoms with Gasteiger partial charge in [-0.05, 0) is 38.8 Å². The van der Waals surface area contributed by atoms with Gasteiger partial charge in [-0.1, -0.05) is 18.2 Å². The molecule has 1 atom stereocenters. The van der Waals surface area contributed by atoms with Crippen LogP contribution in [0.1, 0.15) is 26.3 Å². The van der Waals surface area contributed by atoms with Gasteiger partial charge in [0.05, 0.1) is 25.4 Å². The minimum Gasteiger partial charge on any atom is -0.453 e. The second-order valence-electron chi connectivity index (χ2n) is 6.66. The van der Waals surface area contributed by atoms with Crippen molar-refractivity contribution in [3.05, 3.63) is 29.8 Å². The number of hydrogen-bond acceptors (Lipinski definition) is 4. The molecular weight excluding hydrogens is 296 g/mol. The number of para-hydroxylation sites is 1. The maximum Gasteiger partial charge on any atom is 0.414 e. The zero-order valence-corrected chi connectivity index (χ0v) is 14.3. The SMILES string of the molecule is COC(=O)N(C)[C@@H]1Cc2ccccc2N(C(=O)OC(C)(C)C)C1. The van der Waals surface area contributed by atoms with Gasteiger partial charge >= 0.3 is 12.2 Å². The van der Waals surface area contributed by atoms with Crippen LogP contribution in [0.3, 0.4) is 0 Å². The molecule has 0 radical (unpaired) electrons. The summed E-state index contributed by atoms with van der Waals surface area (Å²) in [6.07, 6.45) is -0.160. The van der Waals surface area contributed by atoms with E-state index in [0.717, 1.165) is 11.3 Å². The van der Waals surface area contributed by atoms with Gasteiger partial charge in [-0.15, -0.1) is 0 Å². The number of ether oxygens (including phenoxy) is 2. The van der Waals surface area contributed by atoms with Crippen LogP contribution in [0, 0.1) is 0 Å². The zero-order valence-electron chi connectivity index (χ0n) is 14.3. The molecule has 0 unspecified atom stereocenters. The molecule has 1 aliphatic heterocycles. The van der Waals surface area contributed by atoms with Crippen molar-refractivity contribution < 1.29 is 19.1 Å². The number of likely N-dealkylation sites (N-methyl/N-ethyl adjacent to an activating group) is 1. The van der Waals surface area contributed by atoms with Crippen LogP contribution in [0.2, 0.25) is 0 Å². The van der Waals surface area contributed by atoms with Gasteiger partial charge in [0.25, 0.3) is 0 Å². The lowest BCUT2D eigenvalue weighted by molar-refractivity contribution is 0.0559. The Kier molecular flexibility index (Phi) is 4.82. The molecule has 1 aliphatic rings. The molecule has 0 bridgehead atoms. The molecule has 0 fully saturated rings. The molecule has 23 heavy (non-hydrogen) atoms. The highest BCUT2D eigenvalue weighted by Crippen LogP contribution is 2.30. The summed E-state index contributed by atoms with van der Waals surface area (Å²) >= 11 is 0. The standard InChI is InChI=1S/C17H24N2O4/c1-17(2,3)23-16(21)19-11-13(18(4)15(20)22-5)10-12-8-6-7-9-14(12)19/h6-9,13H,10-11H2,1-5H3/t13-/m1/s1. The first-order chi connectivity index (χ1) is 10.7. The highest BCUT2D eigenvalue weighted by atomic mass is 16.6. The molecule has 0 saturated carbocycles. The molecule has 2 amide bonds. The fraction of sp³-hybridized carbons (Fsp3) is 0.529. The van der Waals surface area contributed by atoms with Gasteiger partial charge in [-0.2, -0.15) is 0 Å². The molecule has 2 rings (SSSR count). The molecule has 1 heterocycles. The van der Waals surface area contributed by atoms with Crippen LogP contribution in [-0.4, -0.2) is 49.4 Å². The Morgan fingerprint density at radius 1 is 1.26 bits per heavy atom. The van der Waals surface area contributed by atoms with Gasteiger partial charge in [0, 0.05) is 7.05 Å². The van der Waals surface area contributed by atoms with Gasteiger partial charge in [0.1, 0.15) is 5.60 Å². The molecule has 6 nitrogen and oxygen atoms in total. The number of anilines is 1. The number of carbonyl (C=O) groups is 2. The summed E-state index contributed by atoms with van der Waals surface area (Å²) in [5.41, 5.74) is 1.26. The van der Waals surface area contributed by atoms with Crippen molar-refractivity contribution in [3.63, 3.8) is 0 Å².